The largest absolute Gasteiger partial charge is 0.465 e. The van der Waals surface area contributed by atoms with Gasteiger partial charge in [0.25, 0.3) is 0 Å². The fourth-order valence-electron chi connectivity index (χ4n) is 4.38. The summed E-state index contributed by atoms with van der Waals surface area (Å²) in [5.74, 6) is -6.77. The van der Waals surface area contributed by atoms with Gasteiger partial charge in [0.2, 0.25) is 0 Å². The average Bonchev–Trinajstić information content (AvgIpc) is 2.97. The van der Waals surface area contributed by atoms with E-state index >= 15 is 0 Å². The molecular weight excluding hydrogens is 638 g/mol. The summed E-state index contributed by atoms with van der Waals surface area (Å²) < 4.78 is 38.8. The molecular formula is C28H34BrNO13. The Morgan fingerprint density at radius 3 is 1.95 bits per heavy atom. The van der Waals surface area contributed by atoms with E-state index in [1.165, 1.54) is 19.3 Å². The zero-order valence-electron chi connectivity index (χ0n) is 23.8. The summed E-state index contributed by atoms with van der Waals surface area (Å²) in [5, 5.41) is 12.6. The number of benzene rings is 1. The lowest BCUT2D eigenvalue weighted by Crippen LogP contribution is -2.63. The first-order valence-corrected chi connectivity index (χ1v) is 14.3. The standard InChI is InChI=1S/C28H34BrNO13/c1-4-38-23(32)17-8-6-7-9-18(24(33)39-5-2)26(35)42-22-21(41-25(17)34)20(19(14-31)40-27(22)37-3)43-28(36)30-16-12-10-15(29)11-13-16/h6-7,10-13,17-22,27,31H,4-5,8-9,14H2,1-3H3,(H,30,36)/b7-6+/t17-,18-,19-,20-,21+,22-,27+/m1/s1. The van der Waals surface area contributed by atoms with Gasteiger partial charge in [0.15, 0.2) is 36.4 Å². The number of ether oxygens (including phenoxy) is 7. The molecule has 236 valence electrons. The van der Waals surface area contributed by atoms with Crippen LogP contribution < -0.4 is 5.32 Å². The molecule has 1 aromatic rings. The molecule has 0 saturated carbocycles. The Morgan fingerprint density at radius 2 is 1.47 bits per heavy atom. The Labute approximate surface area is 256 Å². The maximum atomic E-state index is 13.4. The summed E-state index contributed by atoms with van der Waals surface area (Å²) in [7, 11) is 1.20. The molecule has 0 bridgehead atoms. The molecule has 2 heterocycles. The van der Waals surface area contributed by atoms with Gasteiger partial charge in [-0.25, -0.2) is 4.79 Å². The summed E-state index contributed by atoms with van der Waals surface area (Å²) in [5.41, 5.74) is 0.352. The van der Waals surface area contributed by atoms with E-state index in [9.17, 15) is 29.1 Å². The molecule has 1 aromatic carbocycles. The van der Waals surface area contributed by atoms with Gasteiger partial charge < -0.3 is 38.3 Å². The van der Waals surface area contributed by atoms with E-state index in [2.05, 4.69) is 21.2 Å². The lowest BCUT2D eigenvalue weighted by atomic mass is 9.96. The van der Waals surface area contributed by atoms with Gasteiger partial charge in [0.05, 0.1) is 19.8 Å². The van der Waals surface area contributed by atoms with Crippen molar-refractivity contribution in [3.63, 3.8) is 0 Å². The third-order valence-electron chi connectivity index (χ3n) is 6.46. The quantitative estimate of drug-likeness (QED) is 0.178. The number of halogens is 1. The van der Waals surface area contributed by atoms with Crippen LogP contribution in [0.1, 0.15) is 26.7 Å². The Balaban J connectivity index is 2.03. The maximum absolute atomic E-state index is 13.4. The summed E-state index contributed by atoms with van der Waals surface area (Å²) in [6.45, 7) is 2.37. The Hall–Kier alpha value is -3.53. The fourth-order valence-corrected chi connectivity index (χ4v) is 4.65. The summed E-state index contributed by atoms with van der Waals surface area (Å²) >= 11 is 3.30. The van der Waals surface area contributed by atoms with Gasteiger partial charge in [-0.05, 0) is 51.0 Å². The highest BCUT2D eigenvalue weighted by Gasteiger charge is 2.54. The van der Waals surface area contributed by atoms with Gasteiger partial charge in [-0.1, -0.05) is 28.1 Å². The molecule has 0 radical (unpaired) electrons. The van der Waals surface area contributed by atoms with Crippen LogP contribution in [-0.4, -0.2) is 92.7 Å². The minimum Gasteiger partial charge on any atom is -0.465 e. The molecule has 7 atom stereocenters. The van der Waals surface area contributed by atoms with Crippen molar-refractivity contribution in [2.75, 3.05) is 32.2 Å². The van der Waals surface area contributed by atoms with E-state index in [-0.39, 0.29) is 26.1 Å². The molecule has 1 amide bonds. The highest BCUT2D eigenvalue weighted by atomic mass is 79.9. The van der Waals surface area contributed by atoms with E-state index in [0.717, 1.165) is 4.47 Å². The van der Waals surface area contributed by atoms with Crippen LogP contribution in [0.5, 0.6) is 0 Å². The van der Waals surface area contributed by atoms with Crippen LogP contribution in [0.15, 0.2) is 40.9 Å². The molecule has 1 fully saturated rings. The number of methoxy groups -OCH3 is 1. The van der Waals surface area contributed by atoms with Crippen molar-refractivity contribution < 1.29 is 62.2 Å². The van der Waals surface area contributed by atoms with Gasteiger partial charge in [0, 0.05) is 17.3 Å². The molecule has 0 unspecified atom stereocenters. The van der Waals surface area contributed by atoms with Crippen LogP contribution in [0.2, 0.25) is 0 Å². The van der Waals surface area contributed by atoms with Crippen LogP contribution in [0.4, 0.5) is 10.5 Å². The number of amides is 1. The second-order valence-corrected chi connectivity index (χ2v) is 10.2. The topological polar surface area (TPSA) is 182 Å². The minimum atomic E-state index is -1.66. The van der Waals surface area contributed by atoms with Gasteiger partial charge >= 0.3 is 30.0 Å². The van der Waals surface area contributed by atoms with E-state index in [1.54, 1.807) is 38.1 Å². The first-order chi connectivity index (χ1) is 20.6. The molecule has 43 heavy (non-hydrogen) atoms. The van der Waals surface area contributed by atoms with E-state index in [4.69, 9.17) is 33.2 Å². The lowest BCUT2D eigenvalue weighted by molar-refractivity contribution is -0.300. The van der Waals surface area contributed by atoms with Crippen molar-refractivity contribution in [2.24, 2.45) is 11.8 Å². The number of fused-ring (bicyclic) bond motifs is 1. The fraction of sp³-hybridized carbons (Fsp3) is 0.536. The number of aliphatic hydroxyl groups excluding tert-OH is 1. The van der Waals surface area contributed by atoms with Gasteiger partial charge in [-0.3, -0.25) is 24.5 Å². The molecule has 0 spiro atoms. The van der Waals surface area contributed by atoms with Gasteiger partial charge in [-0.15, -0.1) is 0 Å². The predicted octanol–water partition coefficient (Wildman–Crippen LogP) is 2.26. The van der Waals surface area contributed by atoms with E-state index in [1.807, 2.05) is 0 Å². The van der Waals surface area contributed by atoms with Crippen LogP contribution in [0.25, 0.3) is 0 Å². The van der Waals surface area contributed by atoms with Crippen molar-refractivity contribution in [2.45, 2.75) is 57.4 Å². The predicted molar refractivity (Wildman–Crippen MR) is 149 cm³/mol. The number of rotatable bonds is 8. The number of allylic oxidation sites excluding steroid dienone is 2. The first-order valence-electron chi connectivity index (χ1n) is 13.5. The maximum Gasteiger partial charge on any atom is 0.412 e. The Morgan fingerprint density at radius 1 is 0.930 bits per heavy atom. The van der Waals surface area contributed by atoms with Crippen molar-refractivity contribution in [3.05, 3.63) is 40.9 Å². The SMILES string of the molecule is CCOC(=O)[C@H]1C/C=C/C[C@H](C(=O)OCC)C(=O)O[C@H]2[C@@H](OC)O[C@H](CO)[C@@H](OC(=O)Nc3ccc(Br)cc3)[C@@H]2OC1=O. The normalized spacial score (nSPS) is 28.4. The number of carbonyl (C=O) groups excluding carboxylic acids is 5. The van der Waals surface area contributed by atoms with Crippen LogP contribution in [0.3, 0.4) is 0 Å². The van der Waals surface area contributed by atoms with E-state index in [0.29, 0.717) is 5.69 Å². The third kappa shape index (κ3) is 8.98. The molecule has 2 aliphatic heterocycles. The second kappa shape index (κ2) is 16.4. The molecule has 3 rings (SSSR count). The number of esters is 4. The van der Waals surface area contributed by atoms with Crippen LogP contribution >= 0.6 is 15.9 Å². The monoisotopic (exact) mass is 671 g/mol. The number of hydrogen-bond donors (Lipinski definition) is 2. The zero-order chi connectivity index (χ0) is 31.5. The molecule has 2 N–H and O–H groups in total. The van der Waals surface area contributed by atoms with Gasteiger partial charge in [0.1, 0.15) is 6.10 Å². The summed E-state index contributed by atoms with van der Waals surface area (Å²) in [6.07, 6.45) is -6.15. The number of anilines is 1. The number of aliphatic hydroxyl groups is 1. The Bertz CT molecular complexity index is 1170. The molecule has 0 aromatic heterocycles. The molecule has 14 nitrogen and oxygen atoms in total. The summed E-state index contributed by atoms with van der Waals surface area (Å²) in [6, 6.07) is 6.52. The highest BCUT2D eigenvalue weighted by Crippen LogP contribution is 2.31. The summed E-state index contributed by atoms with van der Waals surface area (Å²) in [4.78, 5) is 65.0. The lowest BCUT2D eigenvalue weighted by Gasteiger charge is -2.44. The van der Waals surface area contributed by atoms with Crippen LogP contribution in [0, 0.1) is 11.8 Å². The average molecular weight is 672 g/mol. The molecule has 0 aliphatic carbocycles. The van der Waals surface area contributed by atoms with E-state index < -0.39 is 79.1 Å². The highest BCUT2D eigenvalue weighted by molar-refractivity contribution is 9.10. The number of hydrogen-bond acceptors (Lipinski definition) is 13. The smallest absolute Gasteiger partial charge is 0.412 e. The number of carbonyl (C=O) groups is 5. The zero-order valence-corrected chi connectivity index (χ0v) is 25.4. The van der Waals surface area contributed by atoms with Crippen molar-refractivity contribution >= 4 is 51.6 Å². The van der Waals surface area contributed by atoms with Crippen molar-refractivity contribution in [3.8, 4) is 0 Å². The van der Waals surface area contributed by atoms with Crippen molar-refractivity contribution in [1.82, 2.24) is 0 Å². The molecule has 15 heteroatoms. The van der Waals surface area contributed by atoms with Crippen LogP contribution in [-0.2, 0) is 52.3 Å². The van der Waals surface area contributed by atoms with Crippen molar-refractivity contribution in [1.29, 1.82) is 0 Å². The van der Waals surface area contributed by atoms with Gasteiger partial charge in [-0.2, -0.15) is 0 Å². The minimum absolute atomic E-state index is 0.00763. The Kier molecular flexibility index (Phi) is 12.9. The molecule has 2 aliphatic rings. The first kappa shape index (κ1) is 34.0. The third-order valence-corrected chi connectivity index (χ3v) is 6.99. The second-order valence-electron chi connectivity index (χ2n) is 9.32. The number of nitrogens with one attached hydrogen (secondary N) is 1. The molecule has 1 saturated heterocycles.